The van der Waals surface area contributed by atoms with Gasteiger partial charge in [0.15, 0.2) is 5.58 Å². The normalized spacial score (nSPS) is 11.0. The highest BCUT2D eigenvalue weighted by molar-refractivity contribution is 7.63. The first-order chi connectivity index (χ1) is 7.75. The zero-order valence-corrected chi connectivity index (χ0v) is 8.91. The molecule has 0 aliphatic heterocycles. The maximum absolute atomic E-state index is 10.8. The van der Waals surface area contributed by atoms with Gasteiger partial charge < -0.3 is 9.40 Å². The zero-order valence-electron chi connectivity index (χ0n) is 8.10. The Labute approximate surface area is 91.7 Å². The number of aromatic nitrogens is 1. The molecule has 1 heterocycles. The third-order valence-electron chi connectivity index (χ3n) is 2.47. The van der Waals surface area contributed by atoms with Crippen molar-refractivity contribution in [1.29, 1.82) is 0 Å². The molecule has 80 valence electrons. The van der Waals surface area contributed by atoms with Gasteiger partial charge in [-0.25, -0.2) is 0 Å². The fraction of sp³-hybridized carbons (Fsp3) is 0. The van der Waals surface area contributed by atoms with E-state index >= 15 is 0 Å². The first-order valence-corrected chi connectivity index (χ1v) is 5.76. The van der Waals surface area contributed by atoms with Gasteiger partial charge in [-0.3, -0.25) is 0 Å². The van der Waals surface area contributed by atoms with Gasteiger partial charge in [-0.05, 0) is 11.5 Å². The molecule has 3 aromatic rings. The van der Waals surface area contributed by atoms with Crippen LogP contribution in [0.25, 0.3) is 21.9 Å². The number of benzene rings is 2. The van der Waals surface area contributed by atoms with Crippen molar-refractivity contribution in [1.82, 2.24) is 4.98 Å². The predicted molar refractivity (Wildman–Crippen MR) is 60.2 cm³/mol. The molecule has 0 spiro atoms. The molecule has 0 saturated heterocycles. The Balaban J connectivity index is 2.66. The van der Waals surface area contributed by atoms with Crippen molar-refractivity contribution >= 4 is 32.2 Å². The molecule has 0 atom stereocenters. The van der Waals surface area contributed by atoms with Crippen LogP contribution in [0.3, 0.4) is 0 Å². The Kier molecular flexibility index (Phi) is 1.87. The number of hydrogen-bond donors (Lipinski definition) is 1. The SMILES string of the molecule is O=S(=O)=c1[nH]c2c(ccc3ccccc32)o1. The van der Waals surface area contributed by atoms with Crippen molar-refractivity contribution in [3.8, 4) is 0 Å². The second-order valence-electron chi connectivity index (χ2n) is 3.41. The Morgan fingerprint density at radius 2 is 1.88 bits per heavy atom. The van der Waals surface area contributed by atoms with E-state index in [2.05, 4.69) is 4.98 Å². The maximum Gasteiger partial charge on any atom is 0.322 e. The van der Waals surface area contributed by atoms with E-state index in [9.17, 15) is 8.42 Å². The van der Waals surface area contributed by atoms with Gasteiger partial charge in [0.05, 0.1) is 5.52 Å². The van der Waals surface area contributed by atoms with Crippen LogP contribution in [-0.4, -0.2) is 13.4 Å². The highest BCUT2D eigenvalue weighted by Crippen LogP contribution is 2.23. The quantitative estimate of drug-likeness (QED) is 0.606. The zero-order chi connectivity index (χ0) is 11.1. The van der Waals surface area contributed by atoms with Crippen molar-refractivity contribution < 1.29 is 12.8 Å². The minimum absolute atomic E-state index is 0.147. The van der Waals surface area contributed by atoms with Gasteiger partial charge in [-0.1, -0.05) is 30.3 Å². The maximum atomic E-state index is 10.8. The van der Waals surface area contributed by atoms with E-state index in [0.29, 0.717) is 11.1 Å². The summed E-state index contributed by atoms with van der Waals surface area (Å²) in [5.74, 6) is 0. The molecule has 1 aromatic heterocycles. The lowest BCUT2D eigenvalue weighted by molar-refractivity contribution is 0.563. The lowest BCUT2D eigenvalue weighted by Crippen LogP contribution is -1.74. The number of H-pyrrole nitrogens is 1. The second-order valence-corrected chi connectivity index (χ2v) is 4.25. The molecule has 3 rings (SSSR count). The average Bonchev–Trinajstić information content (AvgIpc) is 2.73. The molecule has 0 radical (unpaired) electrons. The van der Waals surface area contributed by atoms with Crippen LogP contribution in [0.4, 0.5) is 0 Å². The average molecular weight is 233 g/mol. The van der Waals surface area contributed by atoms with Crippen LogP contribution in [0.1, 0.15) is 0 Å². The summed E-state index contributed by atoms with van der Waals surface area (Å²) in [7, 11) is -2.38. The molecular formula is C11H7NO3S. The lowest BCUT2D eigenvalue weighted by atomic mass is 10.1. The van der Waals surface area contributed by atoms with Gasteiger partial charge in [-0.2, -0.15) is 8.42 Å². The first-order valence-electron chi connectivity index (χ1n) is 4.68. The monoisotopic (exact) mass is 233 g/mol. The summed E-state index contributed by atoms with van der Waals surface area (Å²) in [4.78, 5) is 2.61. The van der Waals surface area contributed by atoms with Crippen molar-refractivity contribution in [3.63, 3.8) is 0 Å². The number of aromatic amines is 1. The van der Waals surface area contributed by atoms with E-state index < -0.39 is 10.3 Å². The van der Waals surface area contributed by atoms with Crippen LogP contribution in [0.15, 0.2) is 40.8 Å². The standard InChI is InChI=1S/C11H7NO3S/c13-16(14)11-12-10-8-4-2-1-3-7(8)5-6-9(10)15-11/h1-6,12H. The molecule has 0 saturated carbocycles. The van der Waals surface area contributed by atoms with E-state index in [4.69, 9.17) is 4.42 Å². The molecular weight excluding hydrogens is 226 g/mol. The summed E-state index contributed by atoms with van der Waals surface area (Å²) in [6.45, 7) is 0. The Hall–Kier alpha value is -2.01. The van der Waals surface area contributed by atoms with E-state index in [1.54, 1.807) is 6.07 Å². The highest BCUT2D eigenvalue weighted by atomic mass is 32.2. The minimum atomic E-state index is -2.38. The fourth-order valence-corrected chi connectivity index (χ4v) is 2.11. The lowest BCUT2D eigenvalue weighted by Gasteiger charge is -1.96. The summed E-state index contributed by atoms with van der Waals surface area (Å²) in [5, 5.41) is 1.98. The first kappa shape index (κ1) is 9.23. The van der Waals surface area contributed by atoms with Crippen LogP contribution < -0.4 is 0 Å². The van der Waals surface area contributed by atoms with Gasteiger partial charge >= 0.3 is 4.84 Å². The summed E-state index contributed by atoms with van der Waals surface area (Å²) >= 11 is 0. The largest absolute Gasteiger partial charge is 0.426 e. The molecule has 0 unspecified atom stereocenters. The smallest absolute Gasteiger partial charge is 0.322 e. The van der Waals surface area contributed by atoms with Crippen LogP contribution >= 0.6 is 0 Å². The molecule has 0 aliphatic carbocycles. The van der Waals surface area contributed by atoms with E-state index in [0.717, 1.165) is 10.8 Å². The van der Waals surface area contributed by atoms with Gasteiger partial charge in [0.2, 0.25) is 0 Å². The molecule has 16 heavy (non-hydrogen) atoms. The topological polar surface area (TPSA) is 63.1 Å². The van der Waals surface area contributed by atoms with Crippen molar-refractivity contribution in [2.24, 2.45) is 0 Å². The number of hydrogen-bond acceptors (Lipinski definition) is 3. The van der Waals surface area contributed by atoms with Crippen molar-refractivity contribution in [2.75, 3.05) is 0 Å². The van der Waals surface area contributed by atoms with Crippen LogP contribution in [-0.2, 0) is 10.3 Å². The molecule has 0 amide bonds. The van der Waals surface area contributed by atoms with Gasteiger partial charge in [0.1, 0.15) is 0 Å². The number of oxazole rings is 1. The molecule has 5 heteroatoms. The molecule has 0 fully saturated rings. The second kappa shape index (κ2) is 3.24. The molecule has 4 nitrogen and oxygen atoms in total. The predicted octanol–water partition coefficient (Wildman–Crippen LogP) is 2.33. The Morgan fingerprint density at radius 3 is 2.69 bits per heavy atom. The van der Waals surface area contributed by atoms with Gasteiger partial charge in [-0.15, -0.1) is 0 Å². The highest BCUT2D eigenvalue weighted by Gasteiger charge is 2.04. The molecule has 2 aromatic carbocycles. The van der Waals surface area contributed by atoms with Crippen molar-refractivity contribution in [3.05, 3.63) is 41.2 Å². The number of fused-ring (bicyclic) bond motifs is 3. The third kappa shape index (κ3) is 1.25. The van der Waals surface area contributed by atoms with E-state index in [1.165, 1.54) is 0 Å². The third-order valence-corrected chi connectivity index (χ3v) is 2.96. The number of rotatable bonds is 0. The van der Waals surface area contributed by atoms with Crippen LogP contribution in [0, 0.1) is 4.84 Å². The summed E-state index contributed by atoms with van der Waals surface area (Å²) < 4.78 is 26.7. The van der Waals surface area contributed by atoms with Gasteiger partial charge in [0, 0.05) is 5.39 Å². The summed E-state index contributed by atoms with van der Waals surface area (Å²) in [5.41, 5.74) is 1.25. The van der Waals surface area contributed by atoms with Crippen LogP contribution in [0.5, 0.6) is 0 Å². The van der Waals surface area contributed by atoms with Gasteiger partial charge in [0.25, 0.3) is 10.3 Å². The van der Waals surface area contributed by atoms with E-state index in [1.807, 2.05) is 30.3 Å². The van der Waals surface area contributed by atoms with Crippen LogP contribution in [0.2, 0.25) is 0 Å². The fourth-order valence-electron chi connectivity index (χ4n) is 1.77. The van der Waals surface area contributed by atoms with Crippen molar-refractivity contribution in [2.45, 2.75) is 0 Å². The molecule has 1 N–H and O–H groups in total. The Morgan fingerprint density at radius 1 is 1.06 bits per heavy atom. The molecule has 0 aliphatic rings. The minimum Gasteiger partial charge on any atom is -0.426 e. The number of nitrogens with one attached hydrogen (secondary N) is 1. The Bertz CT molecular complexity index is 847. The van der Waals surface area contributed by atoms with E-state index in [-0.39, 0.29) is 4.84 Å². The summed E-state index contributed by atoms with van der Waals surface area (Å²) in [6, 6.07) is 11.4. The summed E-state index contributed by atoms with van der Waals surface area (Å²) in [6.07, 6.45) is 0. The molecule has 0 bridgehead atoms.